The Hall–Kier alpha value is -0.680. The molecule has 4 nitrogen and oxygen atoms in total. The molecule has 1 aromatic rings. The van der Waals surface area contributed by atoms with Crippen LogP contribution in [0.4, 0.5) is 5.13 Å². The maximum atomic E-state index is 5.31. The minimum atomic E-state index is 0.418. The molecule has 1 aliphatic rings. The van der Waals surface area contributed by atoms with Crippen LogP contribution in [0.2, 0.25) is 0 Å². The average Bonchev–Trinajstić information content (AvgIpc) is 2.76. The predicted molar refractivity (Wildman–Crippen MR) is 56.7 cm³/mol. The van der Waals surface area contributed by atoms with Crippen LogP contribution in [0.25, 0.3) is 0 Å². The van der Waals surface area contributed by atoms with Crippen molar-refractivity contribution in [2.45, 2.75) is 38.3 Å². The zero-order valence-corrected chi connectivity index (χ0v) is 9.30. The molecule has 0 saturated heterocycles. The summed E-state index contributed by atoms with van der Waals surface area (Å²) in [5, 5.41) is 13.4. The summed E-state index contributed by atoms with van der Waals surface area (Å²) in [7, 11) is 1.78. The SMILES string of the molecule is COC1CCC(Nc2nnc(C)s2)C1. The van der Waals surface area contributed by atoms with E-state index in [4.69, 9.17) is 4.74 Å². The van der Waals surface area contributed by atoms with E-state index in [0.717, 1.165) is 29.4 Å². The second-order valence-corrected chi connectivity index (χ2v) is 4.82. The third kappa shape index (κ3) is 2.22. The number of aromatic nitrogens is 2. The van der Waals surface area contributed by atoms with Gasteiger partial charge in [-0.05, 0) is 26.2 Å². The molecular weight excluding hydrogens is 198 g/mol. The Morgan fingerprint density at radius 3 is 2.86 bits per heavy atom. The third-order valence-corrected chi connectivity index (χ3v) is 3.34. The summed E-state index contributed by atoms with van der Waals surface area (Å²) in [5.74, 6) is 0. The highest BCUT2D eigenvalue weighted by Gasteiger charge is 2.24. The number of hydrogen-bond acceptors (Lipinski definition) is 5. The first kappa shape index (κ1) is 9.86. The molecule has 78 valence electrons. The van der Waals surface area contributed by atoms with Gasteiger partial charge in [0.15, 0.2) is 0 Å². The predicted octanol–water partition coefficient (Wildman–Crippen LogP) is 1.83. The number of nitrogens with zero attached hydrogens (tertiary/aromatic N) is 2. The van der Waals surface area contributed by atoms with Crippen LogP contribution in [-0.2, 0) is 4.74 Å². The van der Waals surface area contributed by atoms with Crippen LogP contribution in [0.1, 0.15) is 24.3 Å². The van der Waals surface area contributed by atoms with Crippen LogP contribution in [0.5, 0.6) is 0 Å². The van der Waals surface area contributed by atoms with E-state index in [0.29, 0.717) is 12.1 Å². The van der Waals surface area contributed by atoms with Crippen molar-refractivity contribution in [2.24, 2.45) is 0 Å². The molecule has 0 bridgehead atoms. The van der Waals surface area contributed by atoms with Crippen LogP contribution < -0.4 is 5.32 Å². The summed E-state index contributed by atoms with van der Waals surface area (Å²) in [4.78, 5) is 0. The maximum Gasteiger partial charge on any atom is 0.205 e. The van der Waals surface area contributed by atoms with Gasteiger partial charge in [0.25, 0.3) is 0 Å². The van der Waals surface area contributed by atoms with Crippen LogP contribution in [0.3, 0.4) is 0 Å². The zero-order chi connectivity index (χ0) is 9.97. The average molecular weight is 213 g/mol. The third-order valence-electron chi connectivity index (χ3n) is 2.57. The Kier molecular flexibility index (Phi) is 2.98. The van der Waals surface area contributed by atoms with Crippen molar-refractivity contribution in [1.82, 2.24) is 10.2 Å². The van der Waals surface area contributed by atoms with E-state index in [1.165, 1.54) is 0 Å². The standard InChI is InChI=1S/C9H15N3OS/c1-6-11-12-9(14-6)10-7-3-4-8(5-7)13-2/h7-8H,3-5H2,1-2H3,(H,10,12). The summed E-state index contributed by atoms with van der Waals surface area (Å²) in [5.41, 5.74) is 0. The van der Waals surface area contributed by atoms with E-state index < -0.39 is 0 Å². The molecule has 0 radical (unpaired) electrons. The molecule has 0 spiro atoms. The molecule has 2 atom stereocenters. The zero-order valence-electron chi connectivity index (χ0n) is 8.49. The van der Waals surface area contributed by atoms with Gasteiger partial charge in [0.2, 0.25) is 5.13 Å². The monoisotopic (exact) mass is 213 g/mol. The first-order valence-corrected chi connectivity index (χ1v) is 5.69. The fraction of sp³-hybridized carbons (Fsp3) is 0.778. The van der Waals surface area contributed by atoms with Gasteiger partial charge in [-0.2, -0.15) is 0 Å². The lowest BCUT2D eigenvalue weighted by atomic mass is 10.2. The van der Waals surface area contributed by atoms with Gasteiger partial charge >= 0.3 is 0 Å². The molecule has 0 amide bonds. The topological polar surface area (TPSA) is 47.0 Å². The molecule has 1 fully saturated rings. The summed E-state index contributed by atoms with van der Waals surface area (Å²) in [6, 6.07) is 0.507. The van der Waals surface area contributed by atoms with E-state index in [2.05, 4.69) is 15.5 Å². The van der Waals surface area contributed by atoms with Gasteiger partial charge in [-0.1, -0.05) is 11.3 Å². The first-order valence-electron chi connectivity index (χ1n) is 4.87. The van der Waals surface area contributed by atoms with Crippen LogP contribution in [0, 0.1) is 6.92 Å². The molecule has 1 aromatic heterocycles. The molecule has 1 N–H and O–H groups in total. The summed E-state index contributed by atoms with van der Waals surface area (Å²) < 4.78 is 5.31. The quantitative estimate of drug-likeness (QED) is 0.832. The minimum Gasteiger partial charge on any atom is -0.381 e. The van der Waals surface area contributed by atoms with Crippen LogP contribution in [-0.4, -0.2) is 29.5 Å². The molecule has 2 unspecified atom stereocenters. The molecular formula is C9H15N3OS. The molecule has 2 rings (SSSR count). The van der Waals surface area contributed by atoms with Crippen molar-refractivity contribution >= 4 is 16.5 Å². The highest BCUT2D eigenvalue weighted by Crippen LogP contribution is 2.25. The lowest BCUT2D eigenvalue weighted by Crippen LogP contribution is -2.17. The number of hydrogen-bond donors (Lipinski definition) is 1. The van der Waals surface area contributed by atoms with Crippen LogP contribution >= 0.6 is 11.3 Å². The van der Waals surface area contributed by atoms with Crippen molar-refractivity contribution in [1.29, 1.82) is 0 Å². The largest absolute Gasteiger partial charge is 0.381 e. The van der Waals surface area contributed by atoms with Gasteiger partial charge < -0.3 is 10.1 Å². The Morgan fingerprint density at radius 2 is 2.29 bits per heavy atom. The maximum absolute atomic E-state index is 5.31. The number of methoxy groups -OCH3 is 1. The summed E-state index contributed by atoms with van der Waals surface area (Å²) in [6.07, 6.45) is 3.81. The molecule has 0 aliphatic heterocycles. The first-order chi connectivity index (χ1) is 6.78. The van der Waals surface area contributed by atoms with Gasteiger partial charge in [0.05, 0.1) is 6.10 Å². The molecule has 0 aromatic carbocycles. The number of ether oxygens (including phenoxy) is 1. The van der Waals surface area contributed by atoms with Gasteiger partial charge in [0.1, 0.15) is 5.01 Å². The van der Waals surface area contributed by atoms with Crippen molar-refractivity contribution in [2.75, 3.05) is 12.4 Å². The van der Waals surface area contributed by atoms with E-state index in [1.54, 1.807) is 18.4 Å². The molecule has 1 heterocycles. The van der Waals surface area contributed by atoms with Crippen molar-refractivity contribution in [3.63, 3.8) is 0 Å². The van der Waals surface area contributed by atoms with Crippen molar-refractivity contribution < 1.29 is 4.74 Å². The second-order valence-electron chi connectivity index (χ2n) is 3.64. The van der Waals surface area contributed by atoms with E-state index in [-0.39, 0.29) is 0 Å². The Labute approximate surface area is 87.7 Å². The lowest BCUT2D eigenvalue weighted by Gasteiger charge is -2.10. The summed E-state index contributed by atoms with van der Waals surface area (Å²) >= 11 is 1.61. The fourth-order valence-electron chi connectivity index (χ4n) is 1.81. The fourth-order valence-corrected chi connectivity index (χ4v) is 2.48. The van der Waals surface area contributed by atoms with E-state index >= 15 is 0 Å². The van der Waals surface area contributed by atoms with Gasteiger partial charge in [0, 0.05) is 13.2 Å². The highest BCUT2D eigenvalue weighted by atomic mass is 32.1. The summed E-state index contributed by atoms with van der Waals surface area (Å²) in [6.45, 7) is 1.97. The molecule has 14 heavy (non-hydrogen) atoms. The van der Waals surface area contributed by atoms with Gasteiger partial charge in [-0.15, -0.1) is 10.2 Å². The number of nitrogens with one attached hydrogen (secondary N) is 1. The number of rotatable bonds is 3. The van der Waals surface area contributed by atoms with Crippen LogP contribution in [0.15, 0.2) is 0 Å². The number of anilines is 1. The second kappa shape index (κ2) is 4.23. The van der Waals surface area contributed by atoms with Gasteiger partial charge in [-0.3, -0.25) is 0 Å². The Morgan fingerprint density at radius 1 is 1.43 bits per heavy atom. The highest BCUT2D eigenvalue weighted by molar-refractivity contribution is 7.15. The smallest absolute Gasteiger partial charge is 0.205 e. The Balaban J connectivity index is 1.87. The molecule has 1 saturated carbocycles. The Bertz CT molecular complexity index is 302. The van der Waals surface area contributed by atoms with E-state index in [1.807, 2.05) is 6.92 Å². The molecule has 1 aliphatic carbocycles. The lowest BCUT2D eigenvalue weighted by molar-refractivity contribution is 0.108. The van der Waals surface area contributed by atoms with Crippen molar-refractivity contribution in [3.05, 3.63) is 5.01 Å². The van der Waals surface area contributed by atoms with Gasteiger partial charge in [-0.25, -0.2) is 0 Å². The van der Waals surface area contributed by atoms with Crippen molar-refractivity contribution in [3.8, 4) is 0 Å². The molecule has 5 heteroatoms. The normalized spacial score (nSPS) is 26.7. The minimum absolute atomic E-state index is 0.418. The van der Waals surface area contributed by atoms with E-state index in [9.17, 15) is 0 Å². The number of aryl methyl sites for hydroxylation is 1.